The van der Waals surface area contributed by atoms with Crippen LogP contribution in [-0.4, -0.2) is 29.6 Å². The van der Waals surface area contributed by atoms with E-state index in [4.69, 9.17) is 25.8 Å². The summed E-state index contributed by atoms with van der Waals surface area (Å²) in [5.41, 5.74) is 1.71. The van der Waals surface area contributed by atoms with E-state index in [1.54, 1.807) is 6.20 Å². The first-order chi connectivity index (χ1) is 13.7. The van der Waals surface area contributed by atoms with Crippen molar-refractivity contribution in [2.24, 2.45) is 0 Å². The smallest absolute Gasteiger partial charge is 0.154 e. The van der Waals surface area contributed by atoms with E-state index in [9.17, 15) is 5.11 Å². The van der Waals surface area contributed by atoms with Crippen molar-refractivity contribution < 1.29 is 19.3 Å². The van der Waals surface area contributed by atoms with E-state index in [0.29, 0.717) is 37.7 Å². The maximum Gasteiger partial charge on any atom is 0.154 e. The molecule has 0 saturated carbocycles. The van der Waals surface area contributed by atoms with Gasteiger partial charge in [0.25, 0.3) is 0 Å². The Morgan fingerprint density at radius 1 is 1.04 bits per heavy atom. The standard InChI is InChI=1S/C22H24ClNO4/c1-2-26-21(25)8-5-13-27-17-9-11-18(12-10-17)28-15-16-14-24-20-7-4-3-6-19(20)22(16)23/h3-4,6-7,9-12,14,21,25H,2,5,8,13,15H2,1H3. The van der Waals surface area contributed by atoms with Gasteiger partial charge in [-0.2, -0.15) is 0 Å². The first kappa shape index (κ1) is 20.4. The van der Waals surface area contributed by atoms with Gasteiger partial charge in [0, 0.05) is 30.2 Å². The summed E-state index contributed by atoms with van der Waals surface area (Å²) in [7, 11) is 0. The molecule has 0 aliphatic heterocycles. The Morgan fingerprint density at radius 3 is 2.50 bits per heavy atom. The summed E-state index contributed by atoms with van der Waals surface area (Å²) >= 11 is 6.48. The number of rotatable bonds is 10. The molecule has 0 fully saturated rings. The van der Waals surface area contributed by atoms with Gasteiger partial charge in [-0.15, -0.1) is 0 Å². The van der Waals surface area contributed by atoms with Gasteiger partial charge in [0.1, 0.15) is 18.1 Å². The Kier molecular flexibility index (Phi) is 7.48. The molecule has 6 heteroatoms. The number of para-hydroxylation sites is 1. The van der Waals surface area contributed by atoms with Gasteiger partial charge in [-0.1, -0.05) is 29.8 Å². The van der Waals surface area contributed by atoms with Crippen molar-refractivity contribution >= 4 is 22.5 Å². The molecular weight excluding hydrogens is 378 g/mol. The van der Waals surface area contributed by atoms with Crippen molar-refractivity contribution in [3.05, 3.63) is 65.3 Å². The lowest BCUT2D eigenvalue weighted by Crippen LogP contribution is -2.13. The highest BCUT2D eigenvalue weighted by molar-refractivity contribution is 6.36. The number of nitrogens with zero attached hydrogens (tertiary/aromatic N) is 1. The minimum Gasteiger partial charge on any atom is -0.494 e. The first-order valence-corrected chi connectivity index (χ1v) is 9.72. The normalized spacial score (nSPS) is 12.1. The summed E-state index contributed by atoms with van der Waals surface area (Å²) in [4.78, 5) is 4.42. The maximum absolute atomic E-state index is 9.51. The highest BCUT2D eigenvalue weighted by Gasteiger charge is 2.07. The summed E-state index contributed by atoms with van der Waals surface area (Å²) in [5.74, 6) is 1.48. The minimum absolute atomic E-state index is 0.339. The van der Waals surface area contributed by atoms with Crippen LogP contribution in [-0.2, 0) is 11.3 Å². The Bertz CT molecular complexity index is 885. The summed E-state index contributed by atoms with van der Waals surface area (Å²) in [6.45, 7) is 3.21. The minimum atomic E-state index is -0.721. The van der Waals surface area contributed by atoms with Gasteiger partial charge in [0.15, 0.2) is 6.29 Å². The van der Waals surface area contributed by atoms with Gasteiger partial charge in [0.05, 0.1) is 17.1 Å². The molecule has 3 aromatic rings. The molecule has 0 radical (unpaired) electrons. The number of benzene rings is 2. The van der Waals surface area contributed by atoms with E-state index in [0.717, 1.165) is 28.0 Å². The number of fused-ring (bicyclic) bond motifs is 1. The highest BCUT2D eigenvalue weighted by atomic mass is 35.5. The number of halogens is 1. The Balaban J connectivity index is 1.49. The second-order valence-corrected chi connectivity index (χ2v) is 6.65. The number of pyridine rings is 1. The van der Waals surface area contributed by atoms with Crippen molar-refractivity contribution in [3.8, 4) is 11.5 Å². The van der Waals surface area contributed by atoms with Crippen LogP contribution in [0.3, 0.4) is 0 Å². The quantitative estimate of drug-likeness (QED) is 0.383. The topological polar surface area (TPSA) is 60.8 Å². The number of hydrogen-bond donors (Lipinski definition) is 1. The number of aromatic nitrogens is 1. The maximum atomic E-state index is 9.51. The molecular formula is C22H24ClNO4. The molecule has 0 aliphatic carbocycles. The molecule has 0 amide bonds. The van der Waals surface area contributed by atoms with Crippen molar-refractivity contribution in [2.75, 3.05) is 13.2 Å². The lowest BCUT2D eigenvalue weighted by Gasteiger charge is -2.12. The largest absolute Gasteiger partial charge is 0.494 e. The average molecular weight is 402 g/mol. The second kappa shape index (κ2) is 10.3. The second-order valence-electron chi connectivity index (χ2n) is 6.28. The molecule has 3 rings (SSSR count). The highest BCUT2D eigenvalue weighted by Crippen LogP contribution is 2.27. The zero-order valence-corrected chi connectivity index (χ0v) is 16.6. The van der Waals surface area contributed by atoms with Gasteiger partial charge in [-0.05, 0) is 43.7 Å². The molecule has 5 nitrogen and oxygen atoms in total. The Morgan fingerprint density at radius 2 is 1.75 bits per heavy atom. The molecule has 1 atom stereocenters. The molecule has 2 aromatic carbocycles. The molecule has 1 N–H and O–H groups in total. The number of hydrogen-bond acceptors (Lipinski definition) is 5. The third-order valence-electron chi connectivity index (χ3n) is 4.22. The van der Waals surface area contributed by atoms with Crippen LogP contribution in [0.4, 0.5) is 0 Å². The predicted octanol–water partition coefficient (Wildman–Crippen LogP) is 4.98. The molecule has 0 spiro atoms. The van der Waals surface area contributed by atoms with Crippen molar-refractivity contribution in [2.45, 2.75) is 32.7 Å². The van der Waals surface area contributed by atoms with Gasteiger partial charge in [-0.25, -0.2) is 0 Å². The van der Waals surface area contributed by atoms with E-state index < -0.39 is 6.29 Å². The van der Waals surface area contributed by atoms with Gasteiger partial charge in [-0.3, -0.25) is 4.98 Å². The number of aliphatic hydroxyl groups is 1. The van der Waals surface area contributed by atoms with Crippen LogP contribution in [0.1, 0.15) is 25.3 Å². The zero-order chi connectivity index (χ0) is 19.8. The van der Waals surface area contributed by atoms with Crippen LogP contribution < -0.4 is 9.47 Å². The van der Waals surface area contributed by atoms with Crippen LogP contribution in [0.5, 0.6) is 11.5 Å². The summed E-state index contributed by atoms with van der Waals surface area (Å²) in [6.07, 6.45) is 2.29. The predicted molar refractivity (Wildman–Crippen MR) is 110 cm³/mol. The molecule has 28 heavy (non-hydrogen) atoms. The molecule has 1 heterocycles. The van der Waals surface area contributed by atoms with E-state index in [1.807, 2.05) is 55.5 Å². The van der Waals surface area contributed by atoms with Crippen molar-refractivity contribution in [3.63, 3.8) is 0 Å². The van der Waals surface area contributed by atoms with Crippen molar-refractivity contribution in [1.82, 2.24) is 4.98 Å². The van der Waals surface area contributed by atoms with Crippen LogP contribution in [0, 0.1) is 0 Å². The average Bonchev–Trinajstić information content (AvgIpc) is 2.72. The van der Waals surface area contributed by atoms with Gasteiger partial charge in [0.2, 0.25) is 0 Å². The fourth-order valence-corrected chi connectivity index (χ4v) is 3.03. The summed E-state index contributed by atoms with van der Waals surface area (Å²) in [5, 5.41) is 11.1. The van der Waals surface area contributed by atoms with Crippen LogP contribution >= 0.6 is 11.6 Å². The zero-order valence-electron chi connectivity index (χ0n) is 15.8. The molecule has 1 aromatic heterocycles. The molecule has 0 saturated heterocycles. The lowest BCUT2D eigenvalue weighted by molar-refractivity contribution is -0.100. The monoisotopic (exact) mass is 401 g/mol. The Labute approximate surface area is 169 Å². The fourth-order valence-electron chi connectivity index (χ4n) is 2.77. The molecule has 0 aliphatic rings. The fraction of sp³-hybridized carbons (Fsp3) is 0.318. The Hall–Kier alpha value is -2.34. The van der Waals surface area contributed by atoms with Gasteiger partial charge < -0.3 is 19.3 Å². The van der Waals surface area contributed by atoms with E-state index in [2.05, 4.69) is 4.98 Å². The summed E-state index contributed by atoms with van der Waals surface area (Å²) < 4.78 is 16.6. The van der Waals surface area contributed by atoms with E-state index >= 15 is 0 Å². The van der Waals surface area contributed by atoms with E-state index in [-0.39, 0.29) is 0 Å². The number of aliphatic hydroxyl groups excluding tert-OH is 1. The molecule has 1 unspecified atom stereocenters. The molecule has 148 valence electrons. The van der Waals surface area contributed by atoms with Gasteiger partial charge >= 0.3 is 0 Å². The van der Waals surface area contributed by atoms with Crippen LogP contribution in [0.2, 0.25) is 5.02 Å². The van der Waals surface area contributed by atoms with Crippen molar-refractivity contribution in [1.29, 1.82) is 0 Å². The number of ether oxygens (including phenoxy) is 3. The SMILES string of the molecule is CCOC(O)CCCOc1ccc(OCc2cnc3ccccc3c2Cl)cc1. The van der Waals surface area contributed by atoms with E-state index in [1.165, 1.54) is 0 Å². The first-order valence-electron chi connectivity index (χ1n) is 9.35. The lowest BCUT2D eigenvalue weighted by atomic mass is 10.1. The third kappa shape index (κ3) is 5.58. The third-order valence-corrected chi connectivity index (χ3v) is 4.67. The summed E-state index contributed by atoms with van der Waals surface area (Å²) in [6, 6.07) is 15.2. The van der Waals surface area contributed by atoms with Crippen LogP contribution in [0.25, 0.3) is 10.9 Å². The molecule has 0 bridgehead atoms. The van der Waals surface area contributed by atoms with Crippen LogP contribution in [0.15, 0.2) is 54.7 Å².